The second kappa shape index (κ2) is 8.57. The quantitative estimate of drug-likeness (QED) is 0.838. The Labute approximate surface area is 142 Å². The molecule has 6 heteroatoms. The molecule has 2 rings (SSSR count). The van der Waals surface area contributed by atoms with E-state index in [0.717, 1.165) is 17.7 Å². The van der Waals surface area contributed by atoms with Gasteiger partial charge in [0, 0.05) is 19.6 Å². The minimum atomic E-state index is -0.831. The topological polar surface area (TPSA) is 78.9 Å². The number of rotatable bonds is 6. The van der Waals surface area contributed by atoms with Gasteiger partial charge < -0.3 is 20.1 Å². The van der Waals surface area contributed by atoms with Gasteiger partial charge in [0.2, 0.25) is 0 Å². The van der Waals surface area contributed by atoms with E-state index in [1.165, 1.54) is 0 Å². The molecule has 2 amide bonds. The number of aliphatic carboxylic acids is 1. The zero-order chi connectivity index (χ0) is 17.5. The van der Waals surface area contributed by atoms with Gasteiger partial charge in [-0.1, -0.05) is 26.0 Å². The monoisotopic (exact) mass is 334 g/mol. The summed E-state index contributed by atoms with van der Waals surface area (Å²) in [5.41, 5.74) is 0.979. The number of piperidine rings is 1. The standard InChI is InChI=1S/C18H26N2O4/c1-3-8-24-16-6-4-14(5-7-16)10-19-18(23)20-11-13(2)9-15(12-20)17(21)22/h4-7,13,15H,3,8-12H2,1-2H3,(H,19,23)(H,21,22). The number of hydrogen-bond donors (Lipinski definition) is 2. The van der Waals surface area contributed by atoms with Crippen LogP contribution in [0.5, 0.6) is 5.75 Å². The highest BCUT2D eigenvalue weighted by Gasteiger charge is 2.31. The molecule has 1 fully saturated rings. The van der Waals surface area contributed by atoms with Gasteiger partial charge in [-0.05, 0) is 36.5 Å². The van der Waals surface area contributed by atoms with Crippen LogP contribution in [0.3, 0.4) is 0 Å². The molecule has 1 aliphatic heterocycles. The third kappa shape index (κ3) is 5.15. The largest absolute Gasteiger partial charge is 0.494 e. The highest BCUT2D eigenvalue weighted by Crippen LogP contribution is 2.22. The van der Waals surface area contributed by atoms with Gasteiger partial charge >= 0.3 is 12.0 Å². The number of carboxylic acid groups (broad SMARTS) is 1. The van der Waals surface area contributed by atoms with Gasteiger partial charge in [0.05, 0.1) is 12.5 Å². The van der Waals surface area contributed by atoms with Crippen LogP contribution < -0.4 is 10.1 Å². The van der Waals surface area contributed by atoms with Gasteiger partial charge in [-0.2, -0.15) is 0 Å². The number of benzene rings is 1. The van der Waals surface area contributed by atoms with Crippen LogP contribution >= 0.6 is 0 Å². The number of hydrogen-bond acceptors (Lipinski definition) is 3. The summed E-state index contributed by atoms with van der Waals surface area (Å²) in [7, 11) is 0. The summed E-state index contributed by atoms with van der Waals surface area (Å²) >= 11 is 0. The van der Waals surface area contributed by atoms with E-state index in [0.29, 0.717) is 26.1 Å². The van der Waals surface area contributed by atoms with Gasteiger partial charge in [-0.3, -0.25) is 4.79 Å². The number of nitrogens with zero attached hydrogens (tertiary/aromatic N) is 1. The Hall–Kier alpha value is -2.24. The van der Waals surface area contributed by atoms with Crippen LogP contribution in [0.4, 0.5) is 4.79 Å². The molecule has 0 spiro atoms. The maximum Gasteiger partial charge on any atom is 0.317 e. The SMILES string of the molecule is CCCOc1ccc(CNC(=O)N2CC(C)CC(C(=O)O)C2)cc1. The van der Waals surface area contributed by atoms with Crippen LogP contribution in [0.25, 0.3) is 0 Å². The number of nitrogens with one attached hydrogen (secondary N) is 1. The molecule has 132 valence electrons. The number of amides is 2. The zero-order valence-electron chi connectivity index (χ0n) is 14.3. The van der Waals surface area contributed by atoms with E-state index >= 15 is 0 Å². The molecular formula is C18H26N2O4. The van der Waals surface area contributed by atoms with Crippen LogP contribution in [-0.2, 0) is 11.3 Å². The molecule has 0 saturated carbocycles. The lowest BCUT2D eigenvalue weighted by Gasteiger charge is -2.34. The van der Waals surface area contributed by atoms with Crippen molar-refractivity contribution < 1.29 is 19.4 Å². The molecule has 24 heavy (non-hydrogen) atoms. The van der Waals surface area contributed by atoms with Crippen molar-refractivity contribution in [2.45, 2.75) is 33.2 Å². The predicted octanol–water partition coefficient (Wildman–Crippen LogP) is 2.73. The van der Waals surface area contributed by atoms with Crippen molar-refractivity contribution in [3.05, 3.63) is 29.8 Å². The molecule has 0 aromatic heterocycles. The average Bonchev–Trinajstić information content (AvgIpc) is 2.58. The van der Waals surface area contributed by atoms with Crippen LogP contribution in [0.15, 0.2) is 24.3 Å². The van der Waals surface area contributed by atoms with Crippen molar-refractivity contribution in [3.8, 4) is 5.75 Å². The fraction of sp³-hybridized carbons (Fsp3) is 0.556. The molecular weight excluding hydrogens is 308 g/mol. The van der Waals surface area contributed by atoms with E-state index in [1.807, 2.05) is 31.2 Å². The van der Waals surface area contributed by atoms with Gasteiger partial charge in [-0.15, -0.1) is 0 Å². The van der Waals surface area contributed by atoms with Crippen molar-refractivity contribution in [2.75, 3.05) is 19.7 Å². The first-order chi connectivity index (χ1) is 11.5. The van der Waals surface area contributed by atoms with Crippen LogP contribution in [0.2, 0.25) is 0 Å². The summed E-state index contributed by atoms with van der Waals surface area (Å²) in [6.07, 6.45) is 1.59. The lowest BCUT2D eigenvalue weighted by atomic mass is 9.91. The van der Waals surface area contributed by atoms with Crippen molar-refractivity contribution >= 4 is 12.0 Å². The summed E-state index contributed by atoms with van der Waals surface area (Å²) in [6.45, 7) is 6.00. The Balaban J connectivity index is 1.84. The van der Waals surface area contributed by atoms with Crippen molar-refractivity contribution in [2.24, 2.45) is 11.8 Å². The van der Waals surface area contributed by atoms with Gasteiger partial charge in [0.15, 0.2) is 0 Å². The lowest BCUT2D eigenvalue weighted by Crippen LogP contribution is -2.49. The Morgan fingerprint density at radius 3 is 2.62 bits per heavy atom. The number of ether oxygens (including phenoxy) is 1. The number of carboxylic acids is 1. The second-order valence-corrected chi connectivity index (χ2v) is 6.43. The fourth-order valence-electron chi connectivity index (χ4n) is 2.91. The highest BCUT2D eigenvalue weighted by atomic mass is 16.5. The predicted molar refractivity (Wildman–Crippen MR) is 90.9 cm³/mol. The molecule has 1 aromatic carbocycles. The minimum absolute atomic E-state index is 0.195. The highest BCUT2D eigenvalue weighted by molar-refractivity contribution is 5.76. The van der Waals surface area contributed by atoms with E-state index in [1.54, 1.807) is 4.90 Å². The summed E-state index contributed by atoms with van der Waals surface area (Å²) in [5, 5.41) is 12.0. The van der Waals surface area contributed by atoms with Gasteiger partial charge in [0.25, 0.3) is 0 Å². The van der Waals surface area contributed by atoms with E-state index in [-0.39, 0.29) is 18.5 Å². The van der Waals surface area contributed by atoms with Crippen molar-refractivity contribution in [1.29, 1.82) is 0 Å². The van der Waals surface area contributed by atoms with E-state index < -0.39 is 11.9 Å². The smallest absolute Gasteiger partial charge is 0.317 e. The van der Waals surface area contributed by atoms with Crippen LogP contribution in [0, 0.1) is 11.8 Å². The van der Waals surface area contributed by atoms with Crippen LogP contribution in [-0.4, -0.2) is 41.7 Å². The molecule has 2 atom stereocenters. The van der Waals surface area contributed by atoms with Gasteiger partial charge in [-0.25, -0.2) is 4.79 Å². The fourth-order valence-corrected chi connectivity index (χ4v) is 2.91. The van der Waals surface area contributed by atoms with E-state index in [4.69, 9.17) is 4.74 Å². The van der Waals surface area contributed by atoms with Crippen LogP contribution in [0.1, 0.15) is 32.3 Å². The molecule has 0 radical (unpaired) electrons. The first kappa shape index (κ1) is 18.1. The molecule has 2 N–H and O–H groups in total. The maximum absolute atomic E-state index is 12.3. The third-order valence-electron chi connectivity index (χ3n) is 4.14. The lowest BCUT2D eigenvalue weighted by molar-refractivity contribution is -0.143. The average molecular weight is 334 g/mol. The van der Waals surface area contributed by atoms with E-state index in [9.17, 15) is 14.7 Å². The Bertz CT molecular complexity index is 559. The second-order valence-electron chi connectivity index (χ2n) is 6.43. The molecule has 1 aromatic rings. The number of carbonyl (C=O) groups excluding carboxylic acids is 1. The molecule has 1 heterocycles. The normalized spacial score (nSPS) is 20.5. The number of likely N-dealkylation sites (tertiary alicyclic amines) is 1. The molecule has 6 nitrogen and oxygen atoms in total. The Kier molecular flexibility index (Phi) is 6.46. The third-order valence-corrected chi connectivity index (χ3v) is 4.14. The Morgan fingerprint density at radius 2 is 2.00 bits per heavy atom. The van der Waals surface area contributed by atoms with Gasteiger partial charge in [0.1, 0.15) is 5.75 Å². The van der Waals surface area contributed by atoms with Crippen molar-refractivity contribution in [3.63, 3.8) is 0 Å². The summed E-state index contributed by atoms with van der Waals surface area (Å²) in [4.78, 5) is 25.1. The molecule has 1 saturated heterocycles. The minimum Gasteiger partial charge on any atom is -0.494 e. The molecule has 0 aliphatic carbocycles. The number of carbonyl (C=O) groups is 2. The van der Waals surface area contributed by atoms with E-state index in [2.05, 4.69) is 12.2 Å². The molecule has 0 bridgehead atoms. The first-order valence-corrected chi connectivity index (χ1v) is 8.47. The summed E-state index contributed by atoms with van der Waals surface area (Å²) in [6, 6.07) is 7.41. The first-order valence-electron chi connectivity index (χ1n) is 8.47. The summed E-state index contributed by atoms with van der Waals surface area (Å²) in [5.74, 6) is -0.293. The zero-order valence-corrected chi connectivity index (χ0v) is 14.3. The molecule has 1 aliphatic rings. The van der Waals surface area contributed by atoms with Crippen molar-refractivity contribution in [1.82, 2.24) is 10.2 Å². The summed E-state index contributed by atoms with van der Waals surface area (Å²) < 4.78 is 5.53. The number of urea groups is 1. The molecule has 2 unspecified atom stereocenters. The Morgan fingerprint density at radius 1 is 1.29 bits per heavy atom. The maximum atomic E-state index is 12.3.